The van der Waals surface area contributed by atoms with Crippen LogP contribution in [-0.2, 0) is 12.8 Å². The predicted molar refractivity (Wildman–Crippen MR) is 65.3 cm³/mol. The number of hydrogen-bond donors (Lipinski definition) is 1. The van der Waals surface area contributed by atoms with Gasteiger partial charge in [0, 0.05) is 10.9 Å². The fourth-order valence-corrected chi connectivity index (χ4v) is 3.09. The number of thiazole rings is 1. The highest BCUT2D eigenvalue weighted by atomic mass is 32.1. The van der Waals surface area contributed by atoms with Crippen LogP contribution < -0.4 is 5.32 Å². The Morgan fingerprint density at radius 3 is 2.93 bits per heavy atom. The van der Waals surface area contributed by atoms with E-state index in [0.717, 1.165) is 0 Å². The molecule has 0 fully saturated rings. The lowest BCUT2D eigenvalue weighted by atomic mass is 10.2. The number of aromatic nitrogens is 1. The van der Waals surface area contributed by atoms with Crippen LogP contribution in [0.25, 0.3) is 0 Å². The molecule has 15 heavy (non-hydrogen) atoms. The van der Waals surface area contributed by atoms with Gasteiger partial charge in [0.1, 0.15) is 5.01 Å². The van der Waals surface area contributed by atoms with Crippen LogP contribution in [0.15, 0.2) is 12.7 Å². The SMILES string of the molecule is C=CC(C)NC(C)c1nc2c(s1)CCC2. The quantitative estimate of drug-likeness (QED) is 0.792. The van der Waals surface area contributed by atoms with Crippen LogP contribution in [0.4, 0.5) is 0 Å². The normalized spacial score (nSPS) is 18.5. The van der Waals surface area contributed by atoms with E-state index in [4.69, 9.17) is 4.98 Å². The topological polar surface area (TPSA) is 24.9 Å². The summed E-state index contributed by atoms with van der Waals surface area (Å²) in [6.07, 6.45) is 5.63. The molecule has 2 rings (SSSR count). The van der Waals surface area contributed by atoms with Gasteiger partial charge in [-0.05, 0) is 33.1 Å². The van der Waals surface area contributed by atoms with Crippen LogP contribution in [0.5, 0.6) is 0 Å². The largest absolute Gasteiger partial charge is 0.302 e. The first-order chi connectivity index (χ1) is 7.20. The average molecular weight is 222 g/mol. The van der Waals surface area contributed by atoms with E-state index in [1.165, 1.54) is 34.8 Å². The van der Waals surface area contributed by atoms with Crippen LogP contribution in [0.1, 0.15) is 41.9 Å². The summed E-state index contributed by atoms with van der Waals surface area (Å²) in [7, 11) is 0. The first-order valence-corrected chi connectivity index (χ1v) is 6.39. The predicted octanol–water partition coefficient (Wildman–Crippen LogP) is 2.86. The molecule has 0 saturated carbocycles. The molecular formula is C12H18N2S. The summed E-state index contributed by atoms with van der Waals surface area (Å²) < 4.78 is 0. The van der Waals surface area contributed by atoms with Gasteiger partial charge in [-0.15, -0.1) is 17.9 Å². The average Bonchev–Trinajstić information content (AvgIpc) is 2.76. The molecule has 0 saturated heterocycles. The molecule has 1 aromatic heterocycles. The summed E-state index contributed by atoms with van der Waals surface area (Å²) in [6, 6.07) is 0.687. The standard InChI is InChI=1S/C12H18N2S/c1-4-8(2)13-9(3)12-14-10-6-5-7-11(10)15-12/h4,8-9,13H,1,5-7H2,2-3H3. The molecule has 0 aromatic carbocycles. The van der Waals surface area contributed by atoms with Gasteiger partial charge < -0.3 is 5.32 Å². The van der Waals surface area contributed by atoms with Crippen molar-refractivity contribution in [3.8, 4) is 0 Å². The number of nitrogens with zero attached hydrogens (tertiary/aromatic N) is 1. The van der Waals surface area contributed by atoms with Crippen molar-refractivity contribution in [3.05, 3.63) is 28.2 Å². The maximum absolute atomic E-state index is 4.70. The molecule has 2 atom stereocenters. The van der Waals surface area contributed by atoms with Crippen molar-refractivity contribution in [2.75, 3.05) is 0 Å². The number of aryl methyl sites for hydroxylation is 2. The third-order valence-electron chi connectivity index (χ3n) is 2.85. The Bertz CT molecular complexity index is 335. The highest BCUT2D eigenvalue weighted by Crippen LogP contribution is 2.30. The van der Waals surface area contributed by atoms with Gasteiger partial charge in [-0.3, -0.25) is 0 Å². The van der Waals surface area contributed by atoms with Crippen molar-refractivity contribution in [2.45, 2.75) is 45.2 Å². The fourth-order valence-electron chi connectivity index (χ4n) is 1.93. The molecule has 1 N–H and O–H groups in total. The molecule has 0 spiro atoms. The Morgan fingerprint density at radius 2 is 2.27 bits per heavy atom. The van der Waals surface area contributed by atoms with Gasteiger partial charge in [-0.1, -0.05) is 6.08 Å². The summed E-state index contributed by atoms with van der Waals surface area (Å²) in [4.78, 5) is 6.20. The van der Waals surface area contributed by atoms with Gasteiger partial charge in [0.2, 0.25) is 0 Å². The third-order valence-corrected chi connectivity index (χ3v) is 4.19. The number of nitrogens with one attached hydrogen (secondary N) is 1. The van der Waals surface area contributed by atoms with Crippen molar-refractivity contribution >= 4 is 11.3 Å². The Kier molecular flexibility index (Phi) is 3.22. The summed E-state index contributed by atoms with van der Waals surface area (Å²) in [5.74, 6) is 0. The first-order valence-electron chi connectivity index (χ1n) is 5.57. The Hall–Kier alpha value is -0.670. The molecule has 1 aliphatic carbocycles. The van der Waals surface area contributed by atoms with Crippen LogP contribution >= 0.6 is 11.3 Å². The van der Waals surface area contributed by atoms with E-state index < -0.39 is 0 Å². The highest BCUT2D eigenvalue weighted by Gasteiger charge is 2.19. The van der Waals surface area contributed by atoms with Crippen LogP contribution in [0, 0.1) is 0 Å². The molecule has 0 aliphatic heterocycles. The maximum atomic E-state index is 4.70. The minimum absolute atomic E-state index is 0.341. The molecule has 0 radical (unpaired) electrons. The second-order valence-electron chi connectivity index (χ2n) is 4.19. The molecule has 2 unspecified atom stereocenters. The summed E-state index contributed by atoms with van der Waals surface area (Å²) in [5.41, 5.74) is 1.34. The molecule has 3 heteroatoms. The molecule has 1 heterocycles. The summed E-state index contributed by atoms with van der Waals surface area (Å²) in [6.45, 7) is 8.07. The van der Waals surface area contributed by atoms with Crippen LogP contribution in [0.3, 0.4) is 0 Å². The second kappa shape index (κ2) is 4.45. The lowest BCUT2D eigenvalue weighted by Gasteiger charge is -2.14. The minimum Gasteiger partial charge on any atom is -0.302 e. The molecule has 1 aliphatic rings. The van der Waals surface area contributed by atoms with Crippen molar-refractivity contribution < 1.29 is 0 Å². The molecule has 1 aromatic rings. The first kappa shape index (κ1) is 10.8. The molecule has 0 amide bonds. The van der Waals surface area contributed by atoms with E-state index in [-0.39, 0.29) is 0 Å². The van der Waals surface area contributed by atoms with Gasteiger partial charge in [0.25, 0.3) is 0 Å². The van der Waals surface area contributed by atoms with Crippen LogP contribution in [-0.4, -0.2) is 11.0 Å². The van der Waals surface area contributed by atoms with Gasteiger partial charge in [0.15, 0.2) is 0 Å². The minimum atomic E-state index is 0.341. The number of hydrogen-bond acceptors (Lipinski definition) is 3. The van der Waals surface area contributed by atoms with E-state index in [1.54, 1.807) is 0 Å². The molecule has 82 valence electrons. The van der Waals surface area contributed by atoms with E-state index in [9.17, 15) is 0 Å². The molecule has 2 nitrogen and oxygen atoms in total. The van der Waals surface area contributed by atoms with Crippen molar-refractivity contribution in [1.29, 1.82) is 0 Å². The van der Waals surface area contributed by atoms with Gasteiger partial charge in [0.05, 0.1) is 11.7 Å². The van der Waals surface area contributed by atoms with Gasteiger partial charge >= 0.3 is 0 Å². The van der Waals surface area contributed by atoms with E-state index in [2.05, 4.69) is 25.7 Å². The summed E-state index contributed by atoms with van der Waals surface area (Å²) in [5, 5.41) is 4.69. The zero-order valence-corrected chi connectivity index (χ0v) is 10.2. The van der Waals surface area contributed by atoms with E-state index in [1.807, 2.05) is 17.4 Å². The van der Waals surface area contributed by atoms with Crippen molar-refractivity contribution in [3.63, 3.8) is 0 Å². The van der Waals surface area contributed by atoms with Gasteiger partial charge in [-0.2, -0.15) is 0 Å². The monoisotopic (exact) mass is 222 g/mol. The lowest BCUT2D eigenvalue weighted by molar-refractivity contribution is 0.534. The maximum Gasteiger partial charge on any atom is 0.110 e. The summed E-state index contributed by atoms with van der Waals surface area (Å²) >= 11 is 1.87. The number of rotatable bonds is 4. The Labute approximate surface area is 95.4 Å². The molecular weight excluding hydrogens is 204 g/mol. The van der Waals surface area contributed by atoms with Crippen LogP contribution in [0.2, 0.25) is 0 Å². The number of fused-ring (bicyclic) bond motifs is 1. The van der Waals surface area contributed by atoms with Gasteiger partial charge in [-0.25, -0.2) is 4.98 Å². The van der Waals surface area contributed by atoms with E-state index >= 15 is 0 Å². The Morgan fingerprint density at radius 1 is 1.47 bits per heavy atom. The Balaban J connectivity index is 2.05. The highest BCUT2D eigenvalue weighted by molar-refractivity contribution is 7.11. The molecule has 0 bridgehead atoms. The van der Waals surface area contributed by atoms with E-state index in [0.29, 0.717) is 12.1 Å². The lowest BCUT2D eigenvalue weighted by Crippen LogP contribution is -2.26. The zero-order chi connectivity index (χ0) is 10.8. The fraction of sp³-hybridized carbons (Fsp3) is 0.583. The zero-order valence-electron chi connectivity index (χ0n) is 9.42. The van der Waals surface area contributed by atoms with Crippen molar-refractivity contribution in [1.82, 2.24) is 10.3 Å². The second-order valence-corrected chi connectivity index (χ2v) is 5.30. The van der Waals surface area contributed by atoms with Crippen molar-refractivity contribution in [2.24, 2.45) is 0 Å². The third kappa shape index (κ3) is 2.29. The smallest absolute Gasteiger partial charge is 0.110 e.